The molecule has 2 nitrogen and oxygen atoms in total. The summed E-state index contributed by atoms with van der Waals surface area (Å²) < 4.78 is 5.25. The lowest BCUT2D eigenvalue weighted by Gasteiger charge is -2.06. The van der Waals surface area contributed by atoms with Gasteiger partial charge in [0.15, 0.2) is 0 Å². The molecule has 106 valence electrons. The van der Waals surface area contributed by atoms with Crippen molar-refractivity contribution in [2.45, 2.75) is 52.4 Å². The predicted molar refractivity (Wildman–Crippen MR) is 79.8 cm³/mol. The van der Waals surface area contributed by atoms with Gasteiger partial charge >= 0.3 is 5.97 Å². The molecule has 19 heavy (non-hydrogen) atoms. The molecule has 3 heteroatoms. The molecule has 1 aromatic carbocycles. The van der Waals surface area contributed by atoms with Gasteiger partial charge in [-0.3, -0.25) is 0 Å². The molecule has 0 heterocycles. The van der Waals surface area contributed by atoms with Gasteiger partial charge in [-0.25, -0.2) is 4.79 Å². The number of unbranched alkanes of at least 4 members (excludes halogenated alkanes) is 5. The van der Waals surface area contributed by atoms with E-state index in [1.54, 1.807) is 12.1 Å². The number of hydrogen-bond acceptors (Lipinski definition) is 2. The molecule has 0 spiro atoms. The third-order valence-electron chi connectivity index (χ3n) is 3.01. The Morgan fingerprint density at radius 3 is 2.47 bits per heavy atom. The number of carbonyl (C=O) groups is 1. The third kappa shape index (κ3) is 6.63. The van der Waals surface area contributed by atoms with Crippen LogP contribution in [0.2, 0.25) is 5.02 Å². The summed E-state index contributed by atoms with van der Waals surface area (Å²) in [7, 11) is 0. The molecule has 1 rings (SSSR count). The number of carbonyl (C=O) groups excluding carboxylic acids is 1. The van der Waals surface area contributed by atoms with Crippen LogP contribution < -0.4 is 0 Å². The quantitative estimate of drug-likeness (QED) is 0.486. The van der Waals surface area contributed by atoms with E-state index in [0.717, 1.165) is 18.4 Å². The van der Waals surface area contributed by atoms with E-state index in [9.17, 15) is 4.79 Å². The van der Waals surface area contributed by atoms with Crippen molar-refractivity contribution in [3.8, 4) is 0 Å². The van der Waals surface area contributed by atoms with Crippen LogP contribution in [-0.4, -0.2) is 12.6 Å². The number of benzene rings is 1. The van der Waals surface area contributed by atoms with Crippen LogP contribution in [0.5, 0.6) is 0 Å². The van der Waals surface area contributed by atoms with Crippen molar-refractivity contribution >= 4 is 17.6 Å². The van der Waals surface area contributed by atoms with Crippen LogP contribution in [0, 0.1) is 6.92 Å². The number of hydrogen-bond donors (Lipinski definition) is 0. The van der Waals surface area contributed by atoms with Crippen LogP contribution in [0.25, 0.3) is 0 Å². The van der Waals surface area contributed by atoms with Gasteiger partial charge in [0, 0.05) is 5.02 Å². The highest BCUT2D eigenvalue weighted by Crippen LogP contribution is 2.15. The second kappa shape index (κ2) is 8.98. The maximum absolute atomic E-state index is 11.8. The Balaban J connectivity index is 2.24. The van der Waals surface area contributed by atoms with Gasteiger partial charge < -0.3 is 4.74 Å². The fraction of sp³-hybridized carbons (Fsp3) is 0.562. The second-order valence-electron chi connectivity index (χ2n) is 4.92. The largest absolute Gasteiger partial charge is 0.462 e. The van der Waals surface area contributed by atoms with E-state index >= 15 is 0 Å². The first-order valence-corrected chi connectivity index (χ1v) is 7.45. The number of ether oxygens (including phenoxy) is 1. The number of esters is 1. The first kappa shape index (κ1) is 16.0. The molecule has 0 N–H and O–H groups in total. The fourth-order valence-electron chi connectivity index (χ4n) is 1.98. The Morgan fingerprint density at radius 1 is 1.11 bits per heavy atom. The molecule has 0 fully saturated rings. The second-order valence-corrected chi connectivity index (χ2v) is 5.36. The van der Waals surface area contributed by atoms with Crippen LogP contribution in [-0.2, 0) is 4.74 Å². The zero-order valence-electron chi connectivity index (χ0n) is 11.9. The van der Waals surface area contributed by atoms with E-state index in [1.807, 2.05) is 13.0 Å². The van der Waals surface area contributed by atoms with Crippen molar-refractivity contribution in [1.82, 2.24) is 0 Å². The number of aryl methyl sites for hydroxylation is 1. The summed E-state index contributed by atoms with van der Waals surface area (Å²) in [6.07, 6.45) is 7.11. The molecule has 0 amide bonds. The molecule has 0 unspecified atom stereocenters. The maximum Gasteiger partial charge on any atom is 0.338 e. The van der Waals surface area contributed by atoms with Crippen molar-refractivity contribution in [2.24, 2.45) is 0 Å². The van der Waals surface area contributed by atoms with Crippen LogP contribution in [0.15, 0.2) is 18.2 Å². The fourth-order valence-corrected chi connectivity index (χ4v) is 2.27. The predicted octanol–water partition coefficient (Wildman–Crippen LogP) is 5.17. The van der Waals surface area contributed by atoms with Gasteiger partial charge in [-0.05, 0) is 37.1 Å². The highest BCUT2D eigenvalue weighted by Gasteiger charge is 2.08. The molecular formula is C16H23ClO2. The van der Waals surface area contributed by atoms with Crippen molar-refractivity contribution in [3.05, 3.63) is 34.3 Å². The number of halogens is 1. The highest BCUT2D eigenvalue weighted by molar-refractivity contribution is 6.31. The van der Waals surface area contributed by atoms with E-state index in [1.165, 1.54) is 25.7 Å². The molecule has 0 aliphatic heterocycles. The molecule has 0 aliphatic carbocycles. The molecular weight excluding hydrogens is 260 g/mol. The summed E-state index contributed by atoms with van der Waals surface area (Å²) in [5.74, 6) is -0.279. The molecule has 0 atom stereocenters. The molecule has 0 radical (unpaired) electrons. The maximum atomic E-state index is 11.8. The Bertz CT molecular complexity index is 381. The Kier molecular flexibility index (Phi) is 7.57. The van der Waals surface area contributed by atoms with Gasteiger partial charge in [0.2, 0.25) is 0 Å². The minimum absolute atomic E-state index is 0.279. The van der Waals surface area contributed by atoms with Crippen LogP contribution >= 0.6 is 11.6 Å². The van der Waals surface area contributed by atoms with E-state index in [0.29, 0.717) is 17.2 Å². The molecule has 0 saturated heterocycles. The van der Waals surface area contributed by atoms with Gasteiger partial charge in [0.1, 0.15) is 0 Å². The van der Waals surface area contributed by atoms with Crippen molar-refractivity contribution in [2.75, 3.05) is 6.61 Å². The molecule has 1 aromatic rings. The third-order valence-corrected chi connectivity index (χ3v) is 3.23. The summed E-state index contributed by atoms with van der Waals surface area (Å²) in [4.78, 5) is 11.8. The normalized spacial score (nSPS) is 10.5. The minimum Gasteiger partial charge on any atom is -0.462 e. The standard InChI is InChI=1S/C16H23ClO2/c1-3-4-5-6-7-8-9-19-16(18)14-10-13(2)11-15(17)12-14/h10-12H,3-9H2,1-2H3. The lowest BCUT2D eigenvalue weighted by Crippen LogP contribution is -2.06. The first-order chi connectivity index (χ1) is 9.13. The molecule has 0 aliphatic rings. The van der Waals surface area contributed by atoms with E-state index in [4.69, 9.17) is 16.3 Å². The zero-order valence-corrected chi connectivity index (χ0v) is 12.6. The smallest absolute Gasteiger partial charge is 0.338 e. The summed E-state index contributed by atoms with van der Waals surface area (Å²) in [5.41, 5.74) is 1.51. The van der Waals surface area contributed by atoms with Gasteiger partial charge in [0.05, 0.1) is 12.2 Å². The van der Waals surface area contributed by atoms with E-state index in [2.05, 4.69) is 6.92 Å². The summed E-state index contributed by atoms with van der Waals surface area (Å²) in [5, 5.41) is 0.575. The van der Waals surface area contributed by atoms with Crippen LogP contribution in [0.4, 0.5) is 0 Å². The van der Waals surface area contributed by atoms with E-state index in [-0.39, 0.29) is 5.97 Å². The molecule has 0 aromatic heterocycles. The number of rotatable bonds is 8. The van der Waals surface area contributed by atoms with Crippen molar-refractivity contribution in [3.63, 3.8) is 0 Å². The Labute approximate surface area is 121 Å². The summed E-state index contributed by atoms with van der Waals surface area (Å²) in [6.45, 7) is 4.61. The first-order valence-electron chi connectivity index (χ1n) is 7.08. The van der Waals surface area contributed by atoms with Gasteiger partial charge in [-0.15, -0.1) is 0 Å². The Morgan fingerprint density at radius 2 is 1.79 bits per heavy atom. The average Bonchev–Trinajstić information content (AvgIpc) is 2.36. The lowest BCUT2D eigenvalue weighted by molar-refractivity contribution is 0.0497. The van der Waals surface area contributed by atoms with Gasteiger partial charge in [-0.1, -0.05) is 50.6 Å². The highest BCUT2D eigenvalue weighted by atomic mass is 35.5. The van der Waals surface area contributed by atoms with Crippen LogP contribution in [0.1, 0.15) is 61.4 Å². The monoisotopic (exact) mass is 282 g/mol. The summed E-state index contributed by atoms with van der Waals surface area (Å²) in [6, 6.07) is 5.28. The average molecular weight is 283 g/mol. The van der Waals surface area contributed by atoms with E-state index < -0.39 is 0 Å². The molecule has 0 bridgehead atoms. The SMILES string of the molecule is CCCCCCCCOC(=O)c1cc(C)cc(Cl)c1. The molecule has 0 saturated carbocycles. The van der Waals surface area contributed by atoms with Gasteiger partial charge in [0.25, 0.3) is 0 Å². The van der Waals surface area contributed by atoms with Crippen molar-refractivity contribution < 1.29 is 9.53 Å². The topological polar surface area (TPSA) is 26.3 Å². The minimum atomic E-state index is -0.279. The van der Waals surface area contributed by atoms with Gasteiger partial charge in [-0.2, -0.15) is 0 Å². The summed E-state index contributed by atoms with van der Waals surface area (Å²) >= 11 is 5.92. The Hall–Kier alpha value is -1.02. The zero-order chi connectivity index (χ0) is 14.1. The van der Waals surface area contributed by atoms with Crippen molar-refractivity contribution in [1.29, 1.82) is 0 Å². The lowest BCUT2D eigenvalue weighted by atomic mass is 10.1. The van der Waals surface area contributed by atoms with Crippen LogP contribution in [0.3, 0.4) is 0 Å².